The van der Waals surface area contributed by atoms with Crippen molar-refractivity contribution in [3.63, 3.8) is 0 Å². The molecule has 0 unspecified atom stereocenters. The maximum absolute atomic E-state index is 11.7. The number of nitrogens with one attached hydrogen (secondary N) is 1. The minimum Gasteiger partial charge on any atom is -0.399 e. The first kappa shape index (κ1) is 12.0. The van der Waals surface area contributed by atoms with Crippen LogP contribution in [-0.4, -0.2) is 11.9 Å². The average Bonchev–Trinajstić information content (AvgIpc) is 2.24. The van der Waals surface area contributed by atoms with Crippen molar-refractivity contribution in [2.45, 2.75) is 38.6 Å². The number of benzene rings is 1. The van der Waals surface area contributed by atoms with E-state index in [0.717, 1.165) is 36.4 Å². The zero-order valence-electron chi connectivity index (χ0n) is 10.3. The fraction of sp³-hybridized carbons (Fsp3) is 0.500. The number of nitrogen functional groups attached to an aromatic ring is 1. The summed E-state index contributed by atoms with van der Waals surface area (Å²) in [5.41, 5.74) is 7.58. The highest BCUT2D eigenvalue weighted by molar-refractivity contribution is 5.76. The molecule has 1 saturated carbocycles. The van der Waals surface area contributed by atoms with Crippen molar-refractivity contribution < 1.29 is 4.79 Å². The zero-order valence-corrected chi connectivity index (χ0v) is 10.3. The van der Waals surface area contributed by atoms with Gasteiger partial charge in [0.25, 0.3) is 0 Å². The van der Waals surface area contributed by atoms with E-state index in [2.05, 4.69) is 12.2 Å². The van der Waals surface area contributed by atoms with E-state index in [1.54, 1.807) is 0 Å². The predicted molar refractivity (Wildman–Crippen MR) is 69.5 cm³/mol. The Bertz CT molecular complexity index is 397. The molecule has 0 saturated heterocycles. The van der Waals surface area contributed by atoms with Crippen LogP contribution in [0.3, 0.4) is 0 Å². The van der Waals surface area contributed by atoms with E-state index < -0.39 is 0 Å². The zero-order chi connectivity index (χ0) is 12.3. The summed E-state index contributed by atoms with van der Waals surface area (Å²) in [5, 5.41) is 3.06. The van der Waals surface area contributed by atoms with Crippen LogP contribution in [-0.2, 0) is 11.2 Å². The number of nitrogens with two attached hydrogens (primary N) is 1. The molecule has 1 aromatic rings. The second-order valence-electron chi connectivity index (χ2n) is 5.09. The van der Waals surface area contributed by atoms with Crippen LogP contribution in [0.15, 0.2) is 24.3 Å². The summed E-state index contributed by atoms with van der Waals surface area (Å²) >= 11 is 0. The van der Waals surface area contributed by atoms with Gasteiger partial charge in [-0.05, 0) is 42.9 Å². The van der Waals surface area contributed by atoms with Crippen LogP contribution < -0.4 is 11.1 Å². The average molecular weight is 232 g/mol. The fourth-order valence-electron chi connectivity index (χ4n) is 2.33. The van der Waals surface area contributed by atoms with E-state index >= 15 is 0 Å². The van der Waals surface area contributed by atoms with Crippen LogP contribution in [0.4, 0.5) is 5.69 Å². The third-order valence-corrected chi connectivity index (χ3v) is 3.33. The lowest BCUT2D eigenvalue weighted by atomic mass is 9.82. The minimum absolute atomic E-state index is 0.157. The van der Waals surface area contributed by atoms with Gasteiger partial charge >= 0.3 is 0 Å². The van der Waals surface area contributed by atoms with E-state index in [1.165, 1.54) is 0 Å². The van der Waals surface area contributed by atoms with E-state index in [0.29, 0.717) is 12.5 Å². The summed E-state index contributed by atoms with van der Waals surface area (Å²) in [6.45, 7) is 2.22. The smallest absolute Gasteiger partial charge is 0.220 e. The first-order chi connectivity index (χ1) is 8.13. The quantitative estimate of drug-likeness (QED) is 0.781. The van der Waals surface area contributed by atoms with Crippen LogP contribution in [0.1, 0.15) is 31.7 Å². The Morgan fingerprint density at radius 3 is 2.88 bits per heavy atom. The molecular weight excluding hydrogens is 212 g/mol. The Labute approximate surface area is 102 Å². The number of rotatable bonds is 4. The number of amides is 1. The van der Waals surface area contributed by atoms with Crippen molar-refractivity contribution in [3.8, 4) is 0 Å². The molecule has 2 rings (SSSR count). The lowest BCUT2D eigenvalue weighted by Crippen LogP contribution is -2.43. The first-order valence-electron chi connectivity index (χ1n) is 6.27. The van der Waals surface area contributed by atoms with Gasteiger partial charge < -0.3 is 11.1 Å². The summed E-state index contributed by atoms with van der Waals surface area (Å²) in [4.78, 5) is 11.7. The molecule has 0 bridgehead atoms. The molecule has 3 N–H and O–H groups in total. The molecule has 0 spiro atoms. The van der Waals surface area contributed by atoms with Crippen LogP contribution >= 0.6 is 0 Å². The summed E-state index contributed by atoms with van der Waals surface area (Å²) in [7, 11) is 0. The molecule has 3 heteroatoms. The lowest BCUT2D eigenvalue weighted by Gasteiger charge is -2.33. The minimum atomic E-state index is 0.157. The first-order valence-corrected chi connectivity index (χ1v) is 6.27. The monoisotopic (exact) mass is 232 g/mol. The molecule has 0 atom stereocenters. The van der Waals surface area contributed by atoms with Crippen LogP contribution in [0.5, 0.6) is 0 Å². The number of aryl methyl sites for hydroxylation is 1. The molecule has 1 amide bonds. The van der Waals surface area contributed by atoms with Gasteiger partial charge in [0, 0.05) is 18.2 Å². The SMILES string of the molecule is CC1CC(NC(=O)CCc2cccc(N)c2)C1. The normalized spacial score (nSPS) is 22.9. The van der Waals surface area contributed by atoms with E-state index in [-0.39, 0.29) is 5.91 Å². The molecule has 0 heterocycles. The maximum atomic E-state index is 11.7. The van der Waals surface area contributed by atoms with Gasteiger partial charge in [0.15, 0.2) is 0 Å². The van der Waals surface area contributed by atoms with Crippen molar-refractivity contribution in [1.82, 2.24) is 5.32 Å². The van der Waals surface area contributed by atoms with Gasteiger partial charge in [0.1, 0.15) is 0 Å². The Morgan fingerprint density at radius 2 is 2.24 bits per heavy atom. The molecule has 1 aromatic carbocycles. The van der Waals surface area contributed by atoms with Crippen molar-refractivity contribution in [3.05, 3.63) is 29.8 Å². The number of hydrogen-bond acceptors (Lipinski definition) is 2. The maximum Gasteiger partial charge on any atom is 0.220 e. The third-order valence-electron chi connectivity index (χ3n) is 3.33. The van der Waals surface area contributed by atoms with Gasteiger partial charge in [-0.1, -0.05) is 19.1 Å². The number of anilines is 1. The molecule has 1 fully saturated rings. The number of hydrogen-bond donors (Lipinski definition) is 2. The van der Waals surface area contributed by atoms with Crippen molar-refractivity contribution in [2.75, 3.05) is 5.73 Å². The molecule has 0 aromatic heterocycles. The van der Waals surface area contributed by atoms with E-state index in [9.17, 15) is 4.79 Å². The molecule has 92 valence electrons. The van der Waals surface area contributed by atoms with Crippen molar-refractivity contribution >= 4 is 11.6 Å². The summed E-state index contributed by atoms with van der Waals surface area (Å²) in [6.07, 6.45) is 3.57. The predicted octanol–water partition coefficient (Wildman–Crippen LogP) is 2.12. The highest BCUT2D eigenvalue weighted by atomic mass is 16.1. The second-order valence-corrected chi connectivity index (χ2v) is 5.09. The van der Waals surface area contributed by atoms with Gasteiger partial charge in [-0.2, -0.15) is 0 Å². The Kier molecular flexibility index (Phi) is 3.67. The largest absolute Gasteiger partial charge is 0.399 e. The number of carbonyl (C=O) groups is 1. The topological polar surface area (TPSA) is 55.1 Å². The van der Waals surface area contributed by atoms with E-state index in [4.69, 9.17) is 5.73 Å². The van der Waals surface area contributed by atoms with Gasteiger partial charge in [-0.25, -0.2) is 0 Å². The molecule has 0 radical (unpaired) electrons. The summed E-state index contributed by atoms with van der Waals surface area (Å²) in [5.74, 6) is 0.929. The van der Waals surface area contributed by atoms with Crippen molar-refractivity contribution in [2.24, 2.45) is 5.92 Å². The van der Waals surface area contributed by atoms with Crippen LogP contribution in [0.2, 0.25) is 0 Å². The molecule has 3 nitrogen and oxygen atoms in total. The van der Waals surface area contributed by atoms with Crippen LogP contribution in [0.25, 0.3) is 0 Å². The molecule has 1 aliphatic carbocycles. The van der Waals surface area contributed by atoms with Gasteiger partial charge in [-0.15, -0.1) is 0 Å². The molecular formula is C14H20N2O. The van der Waals surface area contributed by atoms with E-state index in [1.807, 2.05) is 24.3 Å². The van der Waals surface area contributed by atoms with Gasteiger partial charge in [-0.3, -0.25) is 4.79 Å². The highest BCUT2D eigenvalue weighted by Crippen LogP contribution is 2.26. The Hall–Kier alpha value is -1.51. The Balaban J connectivity index is 1.72. The second kappa shape index (κ2) is 5.21. The van der Waals surface area contributed by atoms with Crippen LogP contribution in [0, 0.1) is 5.92 Å². The molecule has 1 aliphatic rings. The summed E-state index contributed by atoms with van der Waals surface area (Å²) < 4.78 is 0. The lowest BCUT2D eigenvalue weighted by molar-refractivity contribution is -0.122. The van der Waals surface area contributed by atoms with Crippen molar-refractivity contribution in [1.29, 1.82) is 0 Å². The highest BCUT2D eigenvalue weighted by Gasteiger charge is 2.26. The standard InChI is InChI=1S/C14H20N2O/c1-10-7-13(8-10)16-14(17)6-5-11-3-2-4-12(15)9-11/h2-4,9-10,13H,5-8,15H2,1H3,(H,16,17). The molecule has 17 heavy (non-hydrogen) atoms. The molecule has 0 aliphatic heterocycles. The van der Waals surface area contributed by atoms with Gasteiger partial charge in [0.2, 0.25) is 5.91 Å². The van der Waals surface area contributed by atoms with Gasteiger partial charge in [0.05, 0.1) is 0 Å². The number of carbonyl (C=O) groups excluding carboxylic acids is 1. The summed E-state index contributed by atoms with van der Waals surface area (Å²) in [6, 6.07) is 8.14. The Morgan fingerprint density at radius 1 is 1.47 bits per heavy atom. The fourth-order valence-corrected chi connectivity index (χ4v) is 2.33. The third kappa shape index (κ3) is 3.48.